The monoisotopic (exact) mass is 347 g/mol. The number of hydrogen-bond acceptors (Lipinski definition) is 4. The number of carbonyl (C=O) groups excluding carboxylic acids is 1. The van der Waals surface area contributed by atoms with Crippen LogP contribution in [-0.2, 0) is 4.74 Å². The molecule has 1 aromatic rings. The van der Waals surface area contributed by atoms with Crippen LogP contribution in [0.15, 0.2) is 18.3 Å². The Bertz CT molecular complexity index is 581. The van der Waals surface area contributed by atoms with E-state index >= 15 is 0 Å². The molecule has 5 nitrogen and oxygen atoms in total. The third-order valence-corrected chi connectivity index (χ3v) is 4.45. The van der Waals surface area contributed by atoms with Crippen LogP contribution in [0.1, 0.15) is 72.4 Å². The Labute approximate surface area is 152 Å². The molecule has 0 bridgehead atoms. The van der Waals surface area contributed by atoms with Gasteiger partial charge in [0.05, 0.1) is 0 Å². The minimum Gasteiger partial charge on any atom is -0.443 e. The fraction of sp³-hybridized carbons (Fsp3) is 0.700. The molecule has 140 valence electrons. The van der Waals surface area contributed by atoms with Crippen LogP contribution in [0.2, 0.25) is 0 Å². The molecule has 1 atom stereocenters. The van der Waals surface area contributed by atoms with Crippen molar-refractivity contribution >= 4 is 11.9 Å². The molecule has 0 N–H and O–H groups in total. The van der Waals surface area contributed by atoms with Crippen molar-refractivity contribution in [2.75, 3.05) is 18.0 Å². The first-order valence-electron chi connectivity index (χ1n) is 9.45. The number of anilines is 1. The number of carbonyl (C=O) groups is 1. The first-order valence-corrected chi connectivity index (χ1v) is 9.45. The Balaban J connectivity index is 2.37. The number of likely N-dealkylation sites (tertiary alicyclic amines) is 1. The molecular weight excluding hydrogens is 314 g/mol. The maximum atomic E-state index is 12.8. The number of nitrogens with zero attached hydrogens (tertiary/aromatic N) is 3. The Kier molecular flexibility index (Phi) is 6.44. The lowest BCUT2D eigenvalue weighted by Crippen LogP contribution is -2.39. The van der Waals surface area contributed by atoms with Gasteiger partial charge in [-0.25, -0.2) is 9.78 Å². The molecule has 1 aliphatic rings. The molecule has 25 heavy (non-hydrogen) atoms. The summed E-state index contributed by atoms with van der Waals surface area (Å²) in [6, 6.07) is 4.86. The van der Waals surface area contributed by atoms with Crippen molar-refractivity contribution in [3.63, 3.8) is 0 Å². The molecule has 2 heterocycles. The largest absolute Gasteiger partial charge is 0.443 e. The molecule has 0 saturated carbocycles. The van der Waals surface area contributed by atoms with Gasteiger partial charge in [-0.1, -0.05) is 13.0 Å². The molecule has 0 aliphatic carbocycles. The van der Waals surface area contributed by atoms with E-state index in [1.165, 1.54) is 6.42 Å². The summed E-state index contributed by atoms with van der Waals surface area (Å²) < 4.78 is 5.63. The molecule has 0 aromatic carbocycles. The second kappa shape index (κ2) is 8.17. The summed E-state index contributed by atoms with van der Waals surface area (Å²) in [7, 11) is 0. The van der Waals surface area contributed by atoms with Crippen molar-refractivity contribution in [1.29, 1.82) is 0 Å². The fourth-order valence-electron chi connectivity index (χ4n) is 3.46. The quantitative estimate of drug-likeness (QED) is 0.769. The maximum absolute atomic E-state index is 12.8. The fourth-order valence-corrected chi connectivity index (χ4v) is 3.46. The molecule has 5 heteroatoms. The number of ether oxygens (including phenoxy) is 1. The topological polar surface area (TPSA) is 45.7 Å². The normalized spacial score (nSPS) is 18.6. The molecule has 0 spiro atoms. The average Bonchev–Trinajstić information content (AvgIpc) is 3.00. The van der Waals surface area contributed by atoms with Crippen molar-refractivity contribution < 1.29 is 9.53 Å². The molecule has 1 aromatic heterocycles. The molecule has 1 unspecified atom stereocenters. The lowest BCUT2D eigenvalue weighted by atomic mass is 10.0. The summed E-state index contributed by atoms with van der Waals surface area (Å²) in [6.07, 6.45) is 4.58. The Morgan fingerprint density at radius 1 is 1.44 bits per heavy atom. The lowest BCUT2D eigenvalue weighted by Gasteiger charge is -2.32. The molecule has 1 saturated heterocycles. The molecule has 2 rings (SSSR count). The molecule has 1 amide bonds. The minimum atomic E-state index is -0.519. The van der Waals surface area contributed by atoms with E-state index in [-0.39, 0.29) is 6.09 Å². The van der Waals surface area contributed by atoms with Gasteiger partial charge in [0.2, 0.25) is 0 Å². The summed E-state index contributed by atoms with van der Waals surface area (Å²) in [6.45, 7) is 13.9. The van der Waals surface area contributed by atoms with Crippen molar-refractivity contribution in [2.45, 2.75) is 78.5 Å². The van der Waals surface area contributed by atoms with Gasteiger partial charge in [-0.2, -0.15) is 0 Å². The van der Waals surface area contributed by atoms with Crippen LogP contribution in [0.4, 0.5) is 10.6 Å². The zero-order valence-corrected chi connectivity index (χ0v) is 16.6. The van der Waals surface area contributed by atoms with Crippen LogP contribution < -0.4 is 4.90 Å². The minimum absolute atomic E-state index is 0.311. The van der Waals surface area contributed by atoms with Crippen molar-refractivity contribution in [3.05, 3.63) is 23.9 Å². The van der Waals surface area contributed by atoms with Crippen molar-refractivity contribution in [3.8, 4) is 0 Å². The second-order valence-corrected chi connectivity index (χ2v) is 8.04. The van der Waals surface area contributed by atoms with Gasteiger partial charge >= 0.3 is 6.09 Å². The van der Waals surface area contributed by atoms with Gasteiger partial charge in [-0.05, 0) is 66.5 Å². The number of hydrogen-bond donors (Lipinski definition) is 0. The molecular formula is C20H33N3O2. The van der Waals surface area contributed by atoms with Crippen molar-refractivity contribution in [1.82, 2.24) is 9.88 Å². The predicted octanol–water partition coefficient (Wildman–Crippen LogP) is 4.78. The van der Waals surface area contributed by atoms with Crippen molar-refractivity contribution in [2.24, 2.45) is 0 Å². The highest BCUT2D eigenvalue weighted by Crippen LogP contribution is 2.37. The van der Waals surface area contributed by atoms with E-state index in [0.717, 1.165) is 30.8 Å². The molecule has 1 aliphatic heterocycles. The van der Waals surface area contributed by atoms with Gasteiger partial charge in [0.15, 0.2) is 0 Å². The third-order valence-electron chi connectivity index (χ3n) is 4.45. The van der Waals surface area contributed by atoms with E-state index < -0.39 is 5.60 Å². The zero-order chi connectivity index (χ0) is 18.6. The summed E-state index contributed by atoms with van der Waals surface area (Å²) in [4.78, 5) is 21.6. The van der Waals surface area contributed by atoms with Gasteiger partial charge < -0.3 is 4.74 Å². The zero-order valence-electron chi connectivity index (χ0n) is 16.6. The van der Waals surface area contributed by atoms with E-state index in [4.69, 9.17) is 4.74 Å². The van der Waals surface area contributed by atoms with Crippen LogP contribution in [0, 0.1) is 0 Å². The maximum Gasteiger partial charge on any atom is 0.416 e. The van der Waals surface area contributed by atoms with Crippen LogP contribution in [0.3, 0.4) is 0 Å². The van der Waals surface area contributed by atoms with E-state index in [1.54, 1.807) is 11.1 Å². The smallest absolute Gasteiger partial charge is 0.416 e. The average molecular weight is 348 g/mol. The van der Waals surface area contributed by atoms with Crippen LogP contribution in [-0.4, -0.2) is 40.7 Å². The SMILES string of the molecule is CCCN(C(=O)OC(C)(C)C)c1ncccc1C1CCCN1C(C)C. The van der Waals surface area contributed by atoms with Gasteiger partial charge in [-0.15, -0.1) is 0 Å². The Hall–Kier alpha value is -1.62. The van der Waals surface area contributed by atoms with Gasteiger partial charge in [0, 0.05) is 30.4 Å². The summed E-state index contributed by atoms with van der Waals surface area (Å²) in [5, 5.41) is 0. The van der Waals surface area contributed by atoms with E-state index in [1.807, 2.05) is 26.8 Å². The molecule has 1 fully saturated rings. The Morgan fingerprint density at radius 3 is 2.76 bits per heavy atom. The van der Waals surface area contributed by atoms with E-state index in [0.29, 0.717) is 18.6 Å². The first kappa shape index (κ1) is 19.7. The van der Waals surface area contributed by atoms with Gasteiger partial charge in [0.25, 0.3) is 0 Å². The number of rotatable bonds is 5. The highest BCUT2D eigenvalue weighted by atomic mass is 16.6. The van der Waals surface area contributed by atoms with E-state index in [2.05, 4.69) is 36.7 Å². The number of pyridine rings is 1. The molecule has 0 radical (unpaired) electrons. The van der Waals surface area contributed by atoms with Gasteiger partial charge in [0.1, 0.15) is 11.4 Å². The third kappa shape index (κ3) is 4.94. The highest BCUT2D eigenvalue weighted by Gasteiger charge is 2.33. The first-order chi connectivity index (χ1) is 11.7. The second-order valence-electron chi connectivity index (χ2n) is 8.04. The summed E-state index contributed by atoms with van der Waals surface area (Å²) in [5.74, 6) is 0.746. The van der Waals surface area contributed by atoms with E-state index in [9.17, 15) is 4.79 Å². The summed E-state index contributed by atoms with van der Waals surface area (Å²) >= 11 is 0. The standard InChI is InChI=1S/C20H33N3O2/c1-7-13-23(19(24)25-20(4,5)6)18-16(10-8-12-21-18)17-11-9-14-22(17)15(2)3/h8,10,12,15,17H,7,9,11,13-14H2,1-6H3. The highest BCUT2D eigenvalue weighted by molar-refractivity contribution is 5.87. The van der Waals surface area contributed by atoms with Crippen LogP contribution in [0.25, 0.3) is 0 Å². The predicted molar refractivity (Wildman–Crippen MR) is 102 cm³/mol. The van der Waals surface area contributed by atoms with Crippen LogP contribution >= 0.6 is 0 Å². The number of aromatic nitrogens is 1. The summed E-state index contributed by atoms with van der Waals surface area (Å²) in [5.41, 5.74) is 0.614. The lowest BCUT2D eigenvalue weighted by molar-refractivity contribution is 0.0578. The Morgan fingerprint density at radius 2 is 2.16 bits per heavy atom. The van der Waals surface area contributed by atoms with Crippen LogP contribution in [0.5, 0.6) is 0 Å². The number of amides is 1. The van der Waals surface area contributed by atoms with Gasteiger partial charge in [-0.3, -0.25) is 9.80 Å².